The molecule has 1 unspecified atom stereocenters. The average Bonchev–Trinajstić information content (AvgIpc) is 2.17. The van der Waals surface area contributed by atoms with Crippen molar-refractivity contribution in [2.75, 3.05) is 12.3 Å². The van der Waals surface area contributed by atoms with Crippen molar-refractivity contribution in [1.82, 2.24) is 0 Å². The first kappa shape index (κ1) is 11.6. The van der Waals surface area contributed by atoms with E-state index < -0.39 is 22.4 Å². The Balaban J connectivity index is 2.77. The van der Waals surface area contributed by atoms with Crippen molar-refractivity contribution in [2.24, 2.45) is 5.11 Å². The normalized spacial score (nSPS) is 11.9. The van der Waals surface area contributed by atoms with Gasteiger partial charge in [0.25, 0.3) is 0 Å². The first-order chi connectivity index (χ1) is 7.15. The van der Waals surface area contributed by atoms with Crippen LogP contribution in [0.3, 0.4) is 0 Å². The van der Waals surface area contributed by atoms with Crippen molar-refractivity contribution < 1.29 is 13.0 Å². The lowest BCUT2D eigenvalue weighted by molar-refractivity contribution is 0.562. The van der Waals surface area contributed by atoms with Crippen molar-refractivity contribution in [3.8, 4) is 0 Å². The smallest absolute Gasteiger partial charge is 0.142 e. The van der Waals surface area contributed by atoms with Gasteiger partial charge in [0.2, 0.25) is 0 Å². The van der Waals surface area contributed by atoms with E-state index in [1.165, 1.54) is 0 Å². The summed E-state index contributed by atoms with van der Waals surface area (Å²) in [6.07, 6.45) is 0. The Bertz CT molecular complexity index is 432. The Morgan fingerprint density at radius 2 is 2.20 bits per heavy atom. The summed E-state index contributed by atoms with van der Waals surface area (Å²) in [5.74, 6) is -1.55. The zero-order valence-corrected chi connectivity index (χ0v) is 8.38. The van der Waals surface area contributed by atoms with Crippen LogP contribution in [-0.4, -0.2) is 16.5 Å². The minimum atomic E-state index is -1.61. The summed E-state index contributed by atoms with van der Waals surface area (Å²) in [7, 11) is -1.61. The second kappa shape index (κ2) is 5.43. The zero-order valence-electron chi connectivity index (χ0n) is 7.56. The molecule has 0 N–H and O–H groups in total. The maximum Gasteiger partial charge on any atom is 0.142 e. The number of hydrogen-bond acceptors (Lipinski definition) is 2. The fourth-order valence-corrected chi connectivity index (χ4v) is 1.90. The van der Waals surface area contributed by atoms with E-state index in [-0.39, 0.29) is 17.2 Å². The topological polar surface area (TPSA) is 65.8 Å². The highest BCUT2D eigenvalue weighted by molar-refractivity contribution is 7.85. The lowest BCUT2D eigenvalue weighted by Gasteiger charge is -2.01. The molecule has 0 spiro atoms. The number of rotatable bonds is 4. The maximum absolute atomic E-state index is 13.1. The molecule has 0 aliphatic heterocycles. The third-order valence-corrected chi connectivity index (χ3v) is 2.95. The van der Waals surface area contributed by atoms with Crippen LogP contribution in [0.25, 0.3) is 10.4 Å². The Morgan fingerprint density at radius 1 is 1.47 bits per heavy atom. The van der Waals surface area contributed by atoms with E-state index in [0.717, 1.165) is 12.1 Å². The van der Waals surface area contributed by atoms with Gasteiger partial charge in [0.05, 0.1) is 15.7 Å². The lowest BCUT2D eigenvalue weighted by Crippen LogP contribution is -2.03. The van der Waals surface area contributed by atoms with Crippen LogP contribution in [0.4, 0.5) is 8.78 Å². The Kier molecular flexibility index (Phi) is 4.20. The third kappa shape index (κ3) is 3.30. The van der Waals surface area contributed by atoms with Gasteiger partial charge in [0, 0.05) is 23.3 Å². The molecule has 0 amide bonds. The standard InChI is InChI=1S/C8H7F2N3OS/c9-6-1-2-8(7(10)5-6)15(14)4-3-12-13-11/h1-2,5H,3-4H2. The van der Waals surface area contributed by atoms with E-state index in [0.29, 0.717) is 6.07 Å². The third-order valence-electron chi connectivity index (χ3n) is 1.58. The van der Waals surface area contributed by atoms with Crippen molar-refractivity contribution in [1.29, 1.82) is 0 Å². The molecular formula is C8H7F2N3OS. The van der Waals surface area contributed by atoms with Gasteiger partial charge in [-0.25, -0.2) is 8.78 Å². The van der Waals surface area contributed by atoms with Gasteiger partial charge in [-0.2, -0.15) is 0 Å². The van der Waals surface area contributed by atoms with Crippen molar-refractivity contribution in [2.45, 2.75) is 4.90 Å². The summed E-state index contributed by atoms with van der Waals surface area (Å²) >= 11 is 0. The molecule has 0 saturated carbocycles. The van der Waals surface area contributed by atoms with Crippen LogP contribution in [0.15, 0.2) is 28.2 Å². The minimum Gasteiger partial charge on any atom is -0.254 e. The van der Waals surface area contributed by atoms with E-state index in [1.807, 2.05) is 0 Å². The fourth-order valence-electron chi connectivity index (χ4n) is 0.938. The Labute approximate surface area is 87.0 Å². The molecule has 4 nitrogen and oxygen atoms in total. The van der Waals surface area contributed by atoms with Crippen LogP contribution in [0.1, 0.15) is 0 Å². The molecule has 0 heterocycles. The summed E-state index contributed by atoms with van der Waals surface area (Å²) in [4.78, 5) is 2.40. The molecule has 0 aliphatic rings. The maximum atomic E-state index is 13.1. The summed E-state index contributed by atoms with van der Waals surface area (Å²) in [5, 5.41) is 3.18. The molecule has 1 aromatic carbocycles. The first-order valence-corrected chi connectivity index (χ1v) is 5.31. The fraction of sp³-hybridized carbons (Fsp3) is 0.250. The van der Waals surface area contributed by atoms with Gasteiger partial charge < -0.3 is 0 Å². The highest BCUT2D eigenvalue weighted by Gasteiger charge is 2.09. The predicted molar refractivity (Wildman–Crippen MR) is 51.6 cm³/mol. The van der Waals surface area contributed by atoms with Gasteiger partial charge >= 0.3 is 0 Å². The molecule has 0 radical (unpaired) electrons. The van der Waals surface area contributed by atoms with Crippen LogP contribution in [0.5, 0.6) is 0 Å². The number of nitrogens with zero attached hydrogens (tertiary/aromatic N) is 3. The molecule has 0 fully saturated rings. The molecule has 1 rings (SSSR count). The quantitative estimate of drug-likeness (QED) is 0.445. The second-order valence-electron chi connectivity index (χ2n) is 2.58. The van der Waals surface area contributed by atoms with Crippen molar-refractivity contribution in [3.63, 3.8) is 0 Å². The molecule has 0 aromatic heterocycles. The van der Waals surface area contributed by atoms with Gasteiger partial charge in [-0.3, -0.25) is 4.21 Å². The SMILES string of the molecule is [N-]=[N+]=NCCS(=O)c1ccc(F)cc1F. The molecule has 15 heavy (non-hydrogen) atoms. The predicted octanol–water partition coefficient (Wildman–Crippen LogP) is 2.38. The molecule has 1 aromatic rings. The van der Waals surface area contributed by atoms with E-state index in [4.69, 9.17) is 5.53 Å². The number of halogens is 2. The molecule has 0 saturated heterocycles. The van der Waals surface area contributed by atoms with Gasteiger partial charge in [-0.05, 0) is 17.7 Å². The highest BCUT2D eigenvalue weighted by Crippen LogP contribution is 2.13. The molecular weight excluding hydrogens is 224 g/mol. The summed E-state index contributed by atoms with van der Waals surface area (Å²) in [6.45, 7) is 0.0138. The molecule has 80 valence electrons. The molecule has 1 atom stereocenters. The Morgan fingerprint density at radius 3 is 2.80 bits per heavy atom. The largest absolute Gasteiger partial charge is 0.254 e. The van der Waals surface area contributed by atoms with E-state index in [1.54, 1.807) is 0 Å². The summed E-state index contributed by atoms with van der Waals surface area (Å²) < 4.78 is 37.0. The van der Waals surface area contributed by atoms with Crippen LogP contribution < -0.4 is 0 Å². The zero-order chi connectivity index (χ0) is 11.3. The van der Waals surface area contributed by atoms with Gasteiger partial charge in [-0.15, -0.1) is 0 Å². The van der Waals surface area contributed by atoms with Crippen LogP contribution in [0.2, 0.25) is 0 Å². The van der Waals surface area contributed by atoms with Crippen LogP contribution in [-0.2, 0) is 10.8 Å². The summed E-state index contributed by atoms with van der Waals surface area (Å²) in [5.41, 5.74) is 7.98. The van der Waals surface area contributed by atoms with E-state index in [2.05, 4.69) is 10.0 Å². The lowest BCUT2D eigenvalue weighted by atomic mass is 10.3. The molecule has 0 bridgehead atoms. The number of benzene rings is 1. The average molecular weight is 231 g/mol. The summed E-state index contributed by atoms with van der Waals surface area (Å²) in [6, 6.07) is 2.82. The number of azide groups is 1. The van der Waals surface area contributed by atoms with Crippen LogP contribution >= 0.6 is 0 Å². The Hall–Kier alpha value is -1.46. The molecule has 7 heteroatoms. The van der Waals surface area contributed by atoms with Gasteiger partial charge in [0.1, 0.15) is 11.6 Å². The van der Waals surface area contributed by atoms with Crippen molar-refractivity contribution in [3.05, 3.63) is 40.3 Å². The van der Waals surface area contributed by atoms with Gasteiger partial charge in [0.15, 0.2) is 0 Å². The minimum absolute atomic E-state index is 0.0138. The van der Waals surface area contributed by atoms with Gasteiger partial charge in [-0.1, -0.05) is 5.11 Å². The monoisotopic (exact) mass is 231 g/mol. The second-order valence-corrected chi connectivity index (χ2v) is 4.12. The highest BCUT2D eigenvalue weighted by atomic mass is 32.2. The van der Waals surface area contributed by atoms with E-state index in [9.17, 15) is 13.0 Å². The first-order valence-electron chi connectivity index (χ1n) is 3.99. The van der Waals surface area contributed by atoms with Crippen LogP contribution in [0, 0.1) is 11.6 Å². The molecule has 0 aliphatic carbocycles. The van der Waals surface area contributed by atoms with Crippen molar-refractivity contribution >= 4 is 10.8 Å². The number of hydrogen-bond donors (Lipinski definition) is 0. The van der Waals surface area contributed by atoms with E-state index >= 15 is 0 Å².